The van der Waals surface area contributed by atoms with Gasteiger partial charge in [-0.25, -0.2) is 8.42 Å². The molecule has 2 aliphatic rings. The molecule has 0 atom stereocenters. The van der Waals surface area contributed by atoms with Crippen molar-refractivity contribution in [2.24, 2.45) is 0 Å². The summed E-state index contributed by atoms with van der Waals surface area (Å²) in [5, 5.41) is 0. The zero-order valence-corrected chi connectivity index (χ0v) is 14.7. The van der Waals surface area contributed by atoms with Crippen molar-refractivity contribution < 1.29 is 17.9 Å². The Morgan fingerprint density at radius 1 is 1.00 bits per heavy atom. The molecule has 0 N–H and O–H groups in total. The highest BCUT2D eigenvalue weighted by molar-refractivity contribution is 7.89. The first-order valence-electron chi connectivity index (χ1n) is 8.15. The molecule has 0 unspecified atom stereocenters. The Balaban J connectivity index is 1.89. The fraction of sp³-hybridized carbons (Fsp3) is 0.562. The van der Waals surface area contributed by atoms with Crippen LogP contribution in [0.15, 0.2) is 29.2 Å². The van der Waals surface area contributed by atoms with Crippen LogP contribution in [0.3, 0.4) is 0 Å². The number of hydrogen-bond acceptors (Lipinski definition) is 5. The van der Waals surface area contributed by atoms with Gasteiger partial charge in [0, 0.05) is 39.3 Å². The molecule has 0 saturated carbocycles. The lowest BCUT2D eigenvalue weighted by atomic mass is 10.2. The van der Waals surface area contributed by atoms with E-state index in [0.29, 0.717) is 39.4 Å². The Labute approximate surface area is 142 Å². The van der Waals surface area contributed by atoms with Gasteiger partial charge in [-0.3, -0.25) is 4.79 Å². The second kappa shape index (κ2) is 7.18. The largest absolute Gasteiger partial charge is 0.379 e. The quantitative estimate of drug-likeness (QED) is 0.771. The molecule has 24 heavy (non-hydrogen) atoms. The number of benzene rings is 1. The monoisotopic (exact) mass is 353 g/mol. The summed E-state index contributed by atoms with van der Waals surface area (Å²) in [5.41, 5.74) is 0.258. The predicted molar refractivity (Wildman–Crippen MR) is 89.4 cm³/mol. The summed E-state index contributed by atoms with van der Waals surface area (Å²) in [7, 11) is -1.68. The van der Waals surface area contributed by atoms with E-state index in [1.165, 1.54) is 10.4 Å². The maximum absolute atomic E-state index is 12.9. The fourth-order valence-corrected chi connectivity index (χ4v) is 4.57. The number of morpholine rings is 1. The average molecular weight is 353 g/mol. The van der Waals surface area contributed by atoms with Crippen LogP contribution >= 0.6 is 0 Å². The summed E-state index contributed by atoms with van der Waals surface area (Å²) in [6.45, 7) is 4.22. The molecule has 132 valence electrons. The van der Waals surface area contributed by atoms with Crippen LogP contribution in [0, 0.1) is 0 Å². The van der Waals surface area contributed by atoms with E-state index in [0.717, 1.165) is 13.1 Å². The van der Waals surface area contributed by atoms with E-state index < -0.39 is 10.0 Å². The molecule has 0 bridgehead atoms. The third kappa shape index (κ3) is 3.46. The second-order valence-corrected chi connectivity index (χ2v) is 8.01. The highest BCUT2D eigenvalue weighted by Gasteiger charge is 2.31. The van der Waals surface area contributed by atoms with E-state index in [1.807, 2.05) is 7.05 Å². The maximum Gasteiger partial charge on any atom is 0.255 e. The van der Waals surface area contributed by atoms with Crippen molar-refractivity contribution in [1.29, 1.82) is 0 Å². The van der Waals surface area contributed by atoms with Crippen molar-refractivity contribution in [2.45, 2.75) is 4.90 Å². The molecule has 7 nitrogen and oxygen atoms in total. The standard InChI is InChI=1S/C16H23N3O4S/c1-17-6-8-18(9-7-17)16(20)14-4-2-3-5-15(14)24(21,22)19-10-12-23-13-11-19/h2-5H,6-13H2,1H3. The Morgan fingerprint density at radius 2 is 1.62 bits per heavy atom. The number of ether oxygens (including phenoxy) is 1. The van der Waals surface area contributed by atoms with Crippen LogP contribution in [0.2, 0.25) is 0 Å². The topological polar surface area (TPSA) is 70.2 Å². The maximum atomic E-state index is 12.9. The molecule has 3 rings (SSSR count). The number of carbonyl (C=O) groups is 1. The third-order valence-electron chi connectivity index (χ3n) is 4.50. The molecule has 1 amide bonds. The van der Waals surface area contributed by atoms with Crippen molar-refractivity contribution in [3.8, 4) is 0 Å². The molecule has 2 fully saturated rings. The van der Waals surface area contributed by atoms with Crippen LogP contribution in [0.5, 0.6) is 0 Å². The molecule has 2 heterocycles. The van der Waals surface area contributed by atoms with Crippen molar-refractivity contribution in [1.82, 2.24) is 14.1 Å². The van der Waals surface area contributed by atoms with E-state index in [4.69, 9.17) is 4.74 Å². The molecule has 0 radical (unpaired) electrons. The molecule has 1 aromatic carbocycles. The smallest absolute Gasteiger partial charge is 0.255 e. The Morgan fingerprint density at radius 3 is 2.29 bits per heavy atom. The molecule has 0 aromatic heterocycles. The molecule has 0 spiro atoms. The highest BCUT2D eigenvalue weighted by atomic mass is 32.2. The number of carbonyl (C=O) groups excluding carboxylic acids is 1. The fourth-order valence-electron chi connectivity index (χ4n) is 2.97. The van der Waals surface area contributed by atoms with Gasteiger partial charge in [0.15, 0.2) is 0 Å². The van der Waals surface area contributed by atoms with Gasteiger partial charge in [0.05, 0.1) is 23.7 Å². The van der Waals surface area contributed by atoms with Crippen LogP contribution < -0.4 is 0 Å². The van der Waals surface area contributed by atoms with Gasteiger partial charge in [-0.1, -0.05) is 12.1 Å². The zero-order chi connectivity index (χ0) is 17.2. The number of amides is 1. The number of hydrogen-bond donors (Lipinski definition) is 0. The summed E-state index contributed by atoms with van der Waals surface area (Å²) in [5.74, 6) is -0.212. The first-order valence-corrected chi connectivity index (χ1v) is 9.59. The minimum atomic E-state index is -3.69. The summed E-state index contributed by atoms with van der Waals surface area (Å²) in [6, 6.07) is 6.50. The van der Waals surface area contributed by atoms with Gasteiger partial charge < -0.3 is 14.5 Å². The Kier molecular flexibility index (Phi) is 5.19. The van der Waals surface area contributed by atoms with Gasteiger partial charge in [-0.05, 0) is 19.2 Å². The lowest BCUT2D eigenvalue weighted by molar-refractivity contribution is 0.0658. The molecule has 2 saturated heterocycles. The van der Waals surface area contributed by atoms with E-state index >= 15 is 0 Å². The third-order valence-corrected chi connectivity index (χ3v) is 6.45. The normalized spacial score (nSPS) is 21.0. The van der Waals surface area contributed by atoms with Crippen molar-refractivity contribution in [3.05, 3.63) is 29.8 Å². The molecule has 2 aliphatic heterocycles. The Hall–Kier alpha value is -1.48. The SMILES string of the molecule is CN1CCN(C(=O)c2ccccc2S(=O)(=O)N2CCOCC2)CC1. The first kappa shape index (κ1) is 17.3. The molecular formula is C16H23N3O4S. The van der Waals surface area contributed by atoms with Gasteiger partial charge in [0.2, 0.25) is 10.0 Å². The minimum Gasteiger partial charge on any atom is -0.379 e. The summed E-state index contributed by atoms with van der Waals surface area (Å²) < 4.78 is 32.5. The molecule has 8 heteroatoms. The van der Waals surface area contributed by atoms with Crippen LogP contribution in [0.25, 0.3) is 0 Å². The lowest BCUT2D eigenvalue weighted by Gasteiger charge is -2.33. The molecular weight excluding hydrogens is 330 g/mol. The number of piperazine rings is 1. The summed E-state index contributed by atoms with van der Waals surface area (Å²) in [4.78, 5) is 16.8. The highest BCUT2D eigenvalue weighted by Crippen LogP contribution is 2.23. The van der Waals surface area contributed by atoms with Gasteiger partial charge in [-0.15, -0.1) is 0 Å². The number of sulfonamides is 1. The minimum absolute atomic E-state index is 0.0934. The Bertz CT molecular complexity index is 693. The zero-order valence-electron chi connectivity index (χ0n) is 13.8. The van der Waals surface area contributed by atoms with E-state index in [-0.39, 0.29) is 16.4 Å². The lowest BCUT2D eigenvalue weighted by Crippen LogP contribution is -2.47. The van der Waals surface area contributed by atoms with Crippen LogP contribution in [-0.2, 0) is 14.8 Å². The molecule has 0 aliphatic carbocycles. The molecule has 1 aromatic rings. The van der Waals surface area contributed by atoms with Crippen LogP contribution in [-0.4, -0.2) is 88.0 Å². The summed E-state index contributed by atoms with van der Waals surface area (Å²) >= 11 is 0. The van der Waals surface area contributed by atoms with Crippen LogP contribution in [0.4, 0.5) is 0 Å². The van der Waals surface area contributed by atoms with E-state index in [2.05, 4.69) is 4.90 Å². The van der Waals surface area contributed by atoms with Crippen molar-refractivity contribution >= 4 is 15.9 Å². The summed E-state index contributed by atoms with van der Waals surface area (Å²) in [6.07, 6.45) is 0. The second-order valence-electron chi connectivity index (χ2n) is 6.11. The van der Waals surface area contributed by atoms with Gasteiger partial charge in [-0.2, -0.15) is 4.31 Å². The number of nitrogens with zero attached hydrogens (tertiary/aromatic N) is 3. The van der Waals surface area contributed by atoms with Gasteiger partial charge >= 0.3 is 0 Å². The van der Waals surface area contributed by atoms with Crippen molar-refractivity contribution in [2.75, 3.05) is 59.5 Å². The van der Waals surface area contributed by atoms with E-state index in [1.54, 1.807) is 23.1 Å². The van der Waals surface area contributed by atoms with Crippen LogP contribution in [0.1, 0.15) is 10.4 Å². The first-order chi connectivity index (χ1) is 11.5. The van der Waals surface area contributed by atoms with Gasteiger partial charge in [0.1, 0.15) is 0 Å². The number of likely N-dealkylation sites (N-methyl/N-ethyl adjacent to an activating group) is 1. The average Bonchev–Trinajstić information content (AvgIpc) is 2.62. The predicted octanol–water partition coefficient (Wildman–Crippen LogP) is 0.0951. The van der Waals surface area contributed by atoms with E-state index in [9.17, 15) is 13.2 Å². The van der Waals surface area contributed by atoms with Gasteiger partial charge in [0.25, 0.3) is 5.91 Å². The van der Waals surface area contributed by atoms with Crippen molar-refractivity contribution in [3.63, 3.8) is 0 Å². The number of rotatable bonds is 3.